The van der Waals surface area contributed by atoms with Crippen molar-refractivity contribution in [2.75, 3.05) is 32.7 Å². The van der Waals surface area contributed by atoms with Gasteiger partial charge in [-0.3, -0.25) is 14.5 Å². The molecule has 3 aliphatic rings. The van der Waals surface area contributed by atoms with E-state index in [1.54, 1.807) is 6.92 Å². The summed E-state index contributed by atoms with van der Waals surface area (Å²) in [6.07, 6.45) is 7.27. The fraction of sp³-hybridized carbons (Fsp3) is 0.714. The molecule has 0 aromatic carbocycles. The Kier molecular flexibility index (Phi) is 5.62. The molecule has 0 spiro atoms. The monoisotopic (exact) mass is 385 g/mol. The van der Waals surface area contributed by atoms with Gasteiger partial charge < -0.3 is 9.80 Å². The average molecular weight is 386 g/mol. The summed E-state index contributed by atoms with van der Waals surface area (Å²) in [5, 5.41) is 0. The minimum absolute atomic E-state index is 0.0268. The summed E-state index contributed by atoms with van der Waals surface area (Å²) in [5.74, 6) is 1.42. The first kappa shape index (κ1) is 19.3. The van der Waals surface area contributed by atoms with Gasteiger partial charge in [0, 0.05) is 57.2 Å². The summed E-state index contributed by atoms with van der Waals surface area (Å²) < 4.78 is 0. The van der Waals surface area contributed by atoms with Gasteiger partial charge in [0.1, 0.15) is 5.82 Å². The van der Waals surface area contributed by atoms with Crippen molar-refractivity contribution >= 4 is 11.8 Å². The third-order valence-electron chi connectivity index (χ3n) is 6.56. The molecule has 0 bridgehead atoms. The smallest absolute Gasteiger partial charge is 0.239 e. The second-order valence-corrected chi connectivity index (χ2v) is 8.43. The summed E-state index contributed by atoms with van der Waals surface area (Å²) in [7, 11) is 0. The fourth-order valence-corrected chi connectivity index (χ4v) is 4.69. The molecule has 0 unspecified atom stereocenters. The summed E-state index contributed by atoms with van der Waals surface area (Å²) in [6.45, 7) is 8.57. The minimum Gasteiger partial charge on any atom is -0.341 e. The molecule has 2 saturated heterocycles. The van der Waals surface area contributed by atoms with Crippen molar-refractivity contribution in [3.8, 4) is 0 Å². The van der Waals surface area contributed by atoms with Gasteiger partial charge in [-0.15, -0.1) is 0 Å². The Morgan fingerprint density at radius 2 is 1.89 bits per heavy atom. The predicted molar refractivity (Wildman–Crippen MR) is 106 cm³/mol. The van der Waals surface area contributed by atoms with E-state index < -0.39 is 0 Å². The highest BCUT2D eigenvalue weighted by Crippen LogP contribution is 2.27. The van der Waals surface area contributed by atoms with Crippen molar-refractivity contribution in [2.24, 2.45) is 0 Å². The van der Waals surface area contributed by atoms with Gasteiger partial charge in [0.05, 0.1) is 11.7 Å². The number of amides is 2. The molecule has 2 atom stereocenters. The van der Waals surface area contributed by atoms with Crippen LogP contribution in [0.3, 0.4) is 0 Å². The lowest BCUT2D eigenvalue weighted by molar-refractivity contribution is -0.135. The zero-order valence-corrected chi connectivity index (χ0v) is 17.1. The normalized spacial score (nSPS) is 24.1. The van der Waals surface area contributed by atoms with Gasteiger partial charge in [0.25, 0.3) is 0 Å². The zero-order chi connectivity index (χ0) is 19.7. The molecular weight excluding hydrogens is 354 g/mol. The molecule has 3 aliphatic heterocycles. The molecular formula is C21H31N5O2. The molecule has 2 amide bonds. The van der Waals surface area contributed by atoms with Gasteiger partial charge in [-0.2, -0.15) is 0 Å². The molecule has 1 aromatic rings. The van der Waals surface area contributed by atoms with Crippen LogP contribution in [0.4, 0.5) is 0 Å². The van der Waals surface area contributed by atoms with E-state index >= 15 is 0 Å². The lowest BCUT2D eigenvalue weighted by Crippen LogP contribution is -2.48. The number of nitrogens with zero attached hydrogens (tertiary/aromatic N) is 5. The van der Waals surface area contributed by atoms with E-state index in [0.717, 1.165) is 62.6 Å². The zero-order valence-electron chi connectivity index (χ0n) is 17.1. The Morgan fingerprint density at radius 3 is 2.64 bits per heavy atom. The van der Waals surface area contributed by atoms with E-state index in [4.69, 9.17) is 4.98 Å². The van der Waals surface area contributed by atoms with Gasteiger partial charge in [0.15, 0.2) is 0 Å². The third-order valence-corrected chi connectivity index (χ3v) is 6.56. The molecule has 0 radical (unpaired) electrons. The van der Waals surface area contributed by atoms with Crippen LogP contribution in [0, 0.1) is 0 Å². The molecule has 0 aliphatic carbocycles. The van der Waals surface area contributed by atoms with Crippen molar-refractivity contribution in [3.63, 3.8) is 0 Å². The van der Waals surface area contributed by atoms with Crippen molar-refractivity contribution in [2.45, 2.75) is 64.5 Å². The SMILES string of the molecule is CC(=O)N1CCc2nc([C@H]3CCN(C(=O)[C@H](C)N4CCCCC4)C3)ncc2C1. The molecule has 4 heterocycles. The topological polar surface area (TPSA) is 69.6 Å². The number of likely N-dealkylation sites (tertiary alicyclic amines) is 2. The van der Waals surface area contributed by atoms with Crippen LogP contribution in [-0.4, -0.2) is 75.2 Å². The summed E-state index contributed by atoms with van der Waals surface area (Å²) >= 11 is 0. The highest BCUT2D eigenvalue weighted by molar-refractivity contribution is 5.81. The number of carbonyl (C=O) groups excluding carboxylic acids is 2. The summed E-state index contributed by atoms with van der Waals surface area (Å²) in [4.78, 5) is 40.1. The summed E-state index contributed by atoms with van der Waals surface area (Å²) in [6, 6.07) is -0.0268. The van der Waals surface area contributed by atoms with E-state index in [2.05, 4.69) is 16.8 Å². The van der Waals surface area contributed by atoms with Crippen LogP contribution in [0.1, 0.15) is 62.5 Å². The minimum atomic E-state index is -0.0268. The number of carbonyl (C=O) groups is 2. The lowest BCUT2D eigenvalue weighted by Gasteiger charge is -2.33. The van der Waals surface area contributed by atoms with Crippen molar-refractivity contribution in [3.05, 3.63) is 23.3 Å². The van der Waals surface area contributed by atoms with Crippen molar-refractivity contribution in [1.82, 2.24) is 24.7 Å². The molecule has 0 saturated carbocycles. The maximum absolute atomic E-state index is 13.0. The first-order chi connectivity index (χ1) is 13.5. The number of hydrogen-bond acceptors (Lipinski definition) is 5. The van der Waals surface area contributed by atoms with Crippen LogP contribution >= 0.6 is 0 Å². The molecule has 1 aromatic heterocycles. The number of rotatable bonds is 3. The average Bonchev–Trinajstić information content (AvgIpc) is 3.22. The molecule has 4 rings (SSSR count). The van der Waals surface area contributed by atoms with E-state index in [0.29, 0.717) is 6.54 Å². The van der Waals surface area contributed by atoms with Crippen molar-refractivity contribution < 1.29 is 9.59 Å². The Hall–Kier alpha value is -2.02. The van der Waals surface area contributed by atoms with Crippen LogP contribution in [0.5, 0.6) is 0 Å². The third kappa shape index (κ3) is 3.90. The maximum Gasteiger partial charge on any atom is 0.239 e. The molecule has 152 valence electrons. The van der Waals surface area contributed by atoms with Gasteiger partial charge in [-0.25, -0.2) is 9.97 Å². The molecule has 28 heavy (non-hydrogen) atoms. The van der Waals surface area contributed by atoms with Crippen molar-refractivity contribution in [1.29, 1.82) is 0 Å². The van der Waals surface area contributed by atoms with Crippen LogP contribution in [0.25, 0.3) is 0 Å². The van der Waals surface area contributed by atoms with Crippen LogP contribution in [-0.2, 0) is 22.6 Å². The largest absolute Gasteiger partial charge is 0.341 e. The van der Waals surface area contributed by atoms with Crippen LogP contribution in [0.2, 0.25) is 0 Å². The Morgan fingerprint density at radius 1 is 1.11 bits per heavy atom. The van der Waals surface area contributed by atoms with E-state index in [-0.39, 0.29) is 23.8 Å². The standard InChI is InChI=1S/C21H31N5O2/c1-15(24-8-4-3-5-9-24)21(28)26-10-6-17(13-26)20-22-12-18-14-25(16(2)27)11-7-19(18)23-20/h12,15,17H,3-11,13-14H2,1-2H3/t15-,17-/m0/s1. The number of aromatic nitrogens is 2. The highest BCUT2D eigenvalue weighted by atomic mass is 16.2. The predicted octanol–water partition coefficient (Wildman–Crippen LogP) is 1.57. The first-order valence-electron chi connectivity index (χ1n) is 10.7. The number of hydrogen-bond donors (Lipinski definition) is 0. The summed E-state index contributed by atoms with van der Waals surface area (Å²) in [5.41, 5.74) is 2.11. The highest BCUT2D eigenvalue weighted by Gasteiger charge is 2.34. The van der Waals surface area contributed by atoms with Crippen LogP contribution in [0.15, 0.2) is 6.20 Å². The first-order valence-corrected chi connectivity index (χ1v) is 10.7. The second-order valence-electron chi connectivity index (χ2n) is 8.43. The Labute approximate surface area is 167 Å². The maximum atomic E-state index is 13.0. The van der Waals surface area contributed by atoms with Crippen LogP contribution < -0.4 is 0 Å². The fourth-order valence-electron chi connectivity index (χ4n) is 4.69. The van der Waals surface area contributed by atoms with Gasteiger partial charge in [0.2, 0.25) is 11.8 Å². The molecule has 0 N–H and O–H groups in total. The van der Waals surface area contributed by atoms with E-state index in [9.17, 15) is 9.59 Å². The number of piperidine rings is 1. The second kappa shape index (κ2) is 8.15. The quantitative estimate of drug-likeness (QED) is 0.790. The van der Waals surface area contributed by atoms with Gasteiger partial charge >= 0.3 is 0 Å². The Balaban J connectivity index is 1.39. The van der Waals surface area contributed by atoms with Gasteiger partial charge in [-0.1, -0.05) is 6.42 Å². The van der Waals surface area contributed by atoms with Gasteiger partial charge in [-0.05, 0) is 39.3 Å². The van der Waals surface area contributed by atoms with E-state index in [1.165, 1.54) is 19.3 Å². The molecule has 2 fully saturated rings. The molecule has 7 nitrogen and oxygen atoms in total. The van der Waals surface area contributed by atoms with E-state index in [1.807, 2.05) is 16.0 Å². The Bertz CT molecular complexity index is 746. The molecule has 7 heteroatoms. The lowest BCUT2D eigenvalue weighted by atomic mass is 10.0. The number of fused-ring (bicyclic) bond motifs is 1.